The highest BCUT2D eigenvalue weighted by molar-refractivity contribution is 5.82. The van der Waals surface area contributed by atoms with Crippen LogP contribution in [0.2, 0.25) is 0 Å². The van der Waals surface area contributed by atoms with Crippen molar-refractivity contribution in [3.05, 3.63) is 45.2 Å². The van der Waals surface area contributed by atoms with Crippen LogP contribution in [0.5, 0.6) is 5.75 Å². The molecule has 1 aromatic carbocycles. The topological polar surface area (TPSA) is 69.1 Å². The minimum Gasteiger partial charge on any atom is -0.497 e. The molecular formula is C21H23N3O2. The molecule has 0 spiro atoms. The highest BCUT2D eigenvalue weighted by Crippen LogP contribution is 2.40. The van der Waals surface area contributed by atoms with Gasteiger partial charge in [0.1, 0.15) is 23.2 Å². The van der Waals surface area contributed by atoms with E-state index in [-0.39, 0.29) is 11.1 Å². The van der Waals surface area contributed by atoms with E-state index in [4.69, 9.17) is 4.74 Å². The van der Waals surface area contributed by atoms with E-state index < -0.39 is 0 Å². The van der Waals surface area contributed by atoms with Crippen molar-refractivity contribution in [1.82, 2.24) is 4.98 Å². The summed E-state index contributed by atoms with van der Waals surface area (Å²) in [5.41, 5.74) is 3.98. The lowest BCUT2D eigenvalue weighted by atomic mass is 9.83. The highest BCUT2D eigenvalue weighted by Gasteiger charge is 2.28. The molecule has 2 heterocycles. The number of rotatable bonds is 2. The van der Waals surface area contributed by atoms with Crippen molar-refractivity contribution in [2.45, 2.75) is 32.6 Å². The number of aromatic nitrogens is 1. The summed E-state index contributed by atoms with van der Waals surface area (Å²) in [4.78, 5) is 18.0. The van der Waals surface area contributed by atoms with Crippen molar-refractivity contribution in [1.29, 1.82) is 5.26 Å². The van der Waals surface area contributed by atoms with Gasteiger partial charge in [0.2, 0.25) is 0 Å². The lowest BCUT2D eigenvalue weighted by Crippen LogP contribution is -2.36. The zero-order valence-corrected chi connectivity index (χ0v) is 15.3. The van der Waals surface area contributed by atoms with Crippen molar-refractivity contribution in [2.24, 2.45) is 5.92 Å². The summed E-state index contributed by atoms with van der Waals surface area (Å²) in [6, 6.07) is 8.04. The largest absolute Gasteiger partial charge is 0.497 e. The first kappa shape index (κ1) is 16.7. The van der Waals surface area contributed by atoms with Gasteiger partial charge in [0, 0.05) is 24.2 Å². The van der Waals surface area contributed by atoms with Crippen LogP contribution in [-0.2, 0) is 12.8 Å². The number of aromatic amines is 1. The third kappa shape index (κ3) is 2.66. The van der Waals surface area contributed by atoms with E-state index in [1.807, 2.05) is 18.2 Å². The monoisotopic (exact) mass is 349 g/mol. The molecule has 2 aromatic rings. The van der Waals surface area contributed by atoms with Crippen LogP contribution >= 0.6 is 0 Å². The minimum atomic E-state index is -0.288. The number of hydrogen-bond acceptors (Lipinski definition) is 4. The molecular weight excluding hydrogens is 326 g/mol. The fraction of sp³-hybridized carbons (Fsp3) is 0.429. The number of methoxy groups -OCH3 is 1. The van der Waals surface area contributed by atoms with E-state index in [1.165, 1.54) is 0 Å². The Balaban J connectivity index is 1.90. The SMILES string of the molecule is COc1ccc2c(c1)CCc1c(N3CCC(C)CC3)[nH]c(=O)c(C#N)c1-2. The second-order valence-electron chi connectivity index (χ2n) is 7.34. The fourth-order valence-corrected chi connectivity index (χ4v) is 4.19. The van der Waals surface area contributed by atoms with Gasteiger partial charge >= 0.3 is 0 Å². The van der Waals surface area contributed by atoms with Crippen LogP contribution < -0.4 is 15.2 Å². The number of nitrogens with zero attached hydrogens (tertiary/aromatic N) is 2. The lowest BCUT2D eigenvalue weighted by Gasteiger charge is -2.34. The maximum absolute atomic E-state index is 12.7. The molecule has 1 aliphatic carbocycles. The van der Waals surface area contributed by atoms with Crippen LogP contribution in [0.4, 0.5) is 5.82 Å². The van der Waals surface area contributed by atoms with Gasteiger partial charge in [-0.3, -0.25) is 4.79 Å². The summed E-state index contributed by atoms with van der Waals surface area (Å²) < 4.78 is 5.34. The van der Waals surface area contributed by atoms with E-state index in [0.717, 1.165) is 78.5 Å². The van der Waals surface area contributed by atoms with Gasteiger partial charge in [-0.15, -0.1) is 0 Å². The lowest BCUT2D eigenvalue weighted by molar-refractivity contribution is 0.414. The number of piperidine rings is 1. The first-order valence-corrected chi connectivity index (χ1v) is 9.24. The summed E-state index contributed by atoms with van der Waals surface area (Å²) in [7, 11) is 1.65. The Morgan fingerprint density at radius 3 is 2.73 bits per heavy atom. The van der Waals surface area contributed by atoms with Gasteiger partial charge in [-0.05, 0) is 54.9 Å². The van der Waals surface area contributed by atoms with Gasteiger partial charge in [-0.25, -0.2) is 0 Å². The predicted octanol–water partition coefficient (Wildman–Crippen LogP) is 3.26. The van der Waals surface area contributed by atoms with E-state index in [1.54, 1.807) is 7.11 Å². The Morgan fingerprint density at radius 2 is 2.04 bits per heavy atom. The smallest absolute Gasteiger partial charge is 0.268 e. The predicted molar refractivity (Wildman–Crippen MR) is 102 cm³/mol. The average Bonchev–Trinajstić information content (AvgIpc) is 2.67. The molecule has 0 amide bonds. The molecule has 1 fully saturated rings. The molecule has 5 heteroatoms. The summed E-state index contributed by atoms with van der Waals surface area (Å²) in [5, 5.41) is 9.63. The summed E-state index contributed by atoms with van der Waals surface area (Å²) >= 11 is 0. The van der Waals surface area contributed by atoms with E-state index in [2.05, 4.69) is 22.9 Å². The zero-order chi connectivity index (χ0) is 18.3. The first-order chi connectivity index (χ1) is 12.6. The van der Waals surface area contributed by atoms with Crippen molar-refractivity contribution in [3.63, 3.8) is 0 Å². The molecule has 0 radical (unpaired) electrons. The average molecular weight is 349 g/mol. The highest BCUT2D eigenvalue weighted by atomic mass is 16.5. The number of nitriles is 1. The van der Waals surface area contributed by atoms with Crippen molar-refractivity contribution in [2.75, 3.05) is 25.1 Å². The van der Waals surface area contributed by atoms with Crippen molar-refractivity contribution >= 4 is 5.82 Å². The van der Waals surface area contributed by atoms with Gasteiger partial charge in [0.15, 0.2) is 0 Å². The number of anilines is 1. The van der Waals surface area contributed by atoms with Crippen LogP contribution in [0, 0.1) is 17.2 Å². The Morgan fingerprint density at radius 1 is 1.27 bits per heavy atom. The van der Waals surface area contributed by atoms with Gasteiger partial charge < -0.3 is 14.6 Å². The number of nitrogens with one attached hydrogen (secondary N) is 1. The molecule has 134 valence electrons. The summed E-state index contributed by atoms with van der Waals surface area (Å²) in [6.07, 6.45) is 3.96. The molecule has 0 atom stereocenters. The van der Waals surface area contributed by atoms with Crippen LogP contribution in [0.3, 0.4) is 0 Å². The molecule has 1 saturated heterocycles. The summed E-state index contributed by atoms with van der Waals surface area (Å²) in [6.45, 7) is 4.17. The van der Waals surface area contributed by atoms with E-state index >= 15 is 0 Å². The molecule has 4 rings (SSSR count). The van der Waals surface area contributed by atoms with E-state index in [9.17, 15) is 10.1 Å². The maximum Gasteiger partial charge on any atom is 0.268 e. The Hall–Kier alpha value is -2.74. The Bertz CT molecular complexity index is 947. The second kappa shape index (κ2) is 6.53. The maximum atomic E-state index is 12.7. The second-order valence-corrected chi connectivity index (χ2v) is 7.34. The summed E-state index contributed by atoms with van der Waals surface area (Å²) in [5.74, 6) is 2.44. The molecule has 5 nitrogen and oxygen atoms in total. The van der Waals surface area contributed by atoms with Crippen LogP contribution in [0.25, 0.3) is 11.1 Å². The van der Waals surface area contributed by atoms with Gasteiger partial charge in [-0.2, -0.15) is 5.26 Å². The standard InChI is InChI=1S/C21H23N3O2/c1-13-7-9-24(10-8-13)20-17-5-3-14-11-15(26-2)4-6-16(14)19(17)18(12-22)21(25)23-20/h4,6,11,13H,3,5,7-10H2,1-2H3,(H,23,25). The third-order valence-electron chi connectivity index (χ3n) is 5.73. The van der Waals surface area contributed by atoms with Gasteiger partial charge in [0.25, 0.3) is 5.56 Å². The molecule has 0 saturated carbocycles. The van der Waals surface area contributed by atoms with Gasteiger partial charge in [-0.1, -0.05) is 13.0 Å². The quantitative estimate of drug-likeness (QED) is 0.903. The number of ether oxygens (including phenoxy) is 1. The molecule has 0 bridgehead atoms. The molecule has 1 aliphatic heterocycles. The third-order valence-corrected chi connectivity index (χ3v) is 5.73. The Labute approximate surface area is 153 Å². The van der Waals surface area contributed by atoms with Crippen molar-refractivity contribution < 1.29 is 4.74 Å². The number of H-pyrrole nitrogens is 1. The zero-order valence-electron chi connectivity index (χ0n) is 15.3. The number of aryl methyl sites for hydroxylation is 1. The first-order valence-electron chi connectivity index (χ1n) is 9.24. The number of fused-ring (bicyclic) bond motifs is 3. The molecule has 26 heavy (non-hydrogen) atoms. The molecule has 1 aromatic heterocycles. The number of pyridine rings is 1. The molecule has 2 aliphatic rings. The van der Waals surface area contributed by atoms with Crippen LogP contribution in [0.15, 0.2) is 23.0 Å². The van der Waals surface area contributed by atoms with E-state index in [0.29, 0.717) is 0 Å². The van der Waals surface area contributed by atoms with Crippen LogP contribution in [0.1, 0.15) is 36.5 Å². The normalized spacial score (nSPS) is 16.6. The van der Waals surface area contributed by atoms with Crippen LogP contribution in [-0.4, -0.2) is 25.2 Å². The molecule has 0 unspecified atom stereocenters. The number of hydrogen-bond donors (Lipinski definition) is 1. The molecule has 1 N–H and O–H groups in total. The number of benzene rings is 1. The van der Waals surface area contributed by atoms with Crippen molar-refractivity contribution in [3.8, 4) is 22.9 Å². The Kier molecular flexibility index (Phi) is 4.20. The fourth-order valence-electron chi connectivity index (χ4n) is 4.19. The minimum absolute atomic E-state index is 0.222. The van der Waals surface area contributed by atoms with Gasteiger partial charge in [0.05, 0.1) is 7.11 Å².